The molecule has 176 valence electrons. The predicted molar refractivity (Wildman–Crippen MR) is 131 cm³/mol. The Bertz CT molecular complexity index is 766. The number of carbonyl (C=O) groups is 1. The summed E-state index contributed by atoms with van der Waals surface area (Å²) in [5.74, 6) is 0.320. The lowest BCUT2D eigenvalue weighted by Gasteiger charge is -2.32. The number of benzene rings is 1. The Morgan fingerprint density at radius 2 is 1.72 bits per heavy atom. The Morgan fingerprint density at radius 1 is 1.12 bits per heavy atom. The molecule has 0 spiro atoms. The second kappa shape index (κ2) is 10.5. The smallest absolute Gasteiger partial charge is 0.461 e. The van der Waals surface area contributed by atoms with E-state index in [4.69, 9.17) is 14.0 Å². The van der Waals surface area contributed by atoms with Crippen molar-refractivity contribution in [2.24, 2.45) is 5.92 Å². The van der Waals surface area contributed by atoms with Crippen molar-refractivity contribution in [1.82, 2.24) is 5.32 Å². The zero-order valence-corrected chi connectivity index (χ0v) is 20.6. The van der Waals surface area contributed by atoms with Crippen LogP contribution in [0.25, 0.3) is 6.08 Å². The first-order valence-electron chi connectivity index (χ1n) is 12.1. The number of rotatable bonds is 9. The lowest BCUT2D eigenvalue weighted by Crippen LogP contribution is -2.41. The van der Waals surface area contributed by atoms with Crippen LogP contribution in [-0.2, 0) is 18.8 Å². The van der Waals surface area contributed by atoms with E-state index in [1.165, 1.54) is 0 Å². The molecule has 5 nitrogen and oxygen atoms in total. The molecule has 1 aromatic carbocycles. The molecular weight excluding hydrogens is 401 g/mol. The number of hydrogen-bond donors (Lipinski definition) is 1. The van der Waals surface area contributed by atoms with Crippen LogP contribution in [0.4, 0.5) is 0 Å². The Balaban J connectivity index is 1.51. The largest absolute Gasteiger partial charge is 0.494 e. The molecule has 6 heteroatoms. The van der Waals surface area contributed by atoms with Crippen molar-refractivity contribution in [3.8, 4) is 0 Å². The van der Waals surface area contributed by atoms with Crippen molar-refractivity contribution in [3.63, 3.8) is 0 Å². The van der Waals surface area contributed by atoms with Gasteiger partial charge in [0.1, 0.15) is 12.1 Å². The lowest BCUT2D eigenvalue weighted by molar-refractivity contribution is -0.151. The van der Waals surface area contributed by atoms with E-state index in [2.05, 4.69) is 83.3 Å². The standard InChI is InChI=1S/C26H40BNO4/c1-19(2)18-23(24(29)30-22-11-7-8-12-22)28-17-9-10-20-13-15-21(16-14-20)27-31-25(3,4)26(5,6)32-27/h9-10,13-16,19,22-23,28H,7-8,11-12,17-18H2,1-6H3/t23-/m1/s1. The van der Waals surface area contributed by atoms with Gasteiger partial charge in [-0.15, -0.1) is 0 Å². The molecule has 1 aliphatic carbocycles. The van der Waals surface area contributed by atoms with Crippen LogP contribution < -0.4 is 10.8 Å². The van der Waals surface area contributed by atoms with Crippen LogP contribution in [0.15, 0.2) is 30.3 Å². The van der Waals surface area contributed by atoms with Gasteiger partial charge in [0.05, 0.1) is 11.2 Å². The van der Waals surface area contributed by atoms with E-state index in [9.17, 15) is 4.79 Å². The van der Waals surface area contributed by atoms with Crippen LogP contribution in [0.1, 0.15) is 79.2 Å². The van der Waals surface area contributed by atoms with Crippen LogP contribution in [-0.4, -0.2) is 43.0 Å². The normalized spacial score (nSPS) is 21.5. The summed E-state index contributed by atoms with van der Waals surface area (Å²) in [7, 11) is -0.345. The van der Waals surface area contributed by atoms with Gasteiger partial charge in [-0.1, -0.05) is 50.3 Å². The number of nitrogens with one attached hydrogen (secondary N) is 1. The molecule has 1 N–H and O–H groups in total. The van der Waals surface area contributed by atoms with Gasteiger partial charge in [0.25, 0.3) is 0 Å². The van der Waals surface area contributed by atoms with Gasteiger partial charge in [0.15, 0.2) is 0 Å². The fourth-order valence-corrected chi connectivity index (χ4v) is 4.14. The fraction of sp³-hybridized carbons (Fsp3) is 0.654. The molecule has 1 aromatic rings. The molecule has 0 aromatic heterocycles. The van der Waals surface area contributed by atoms with Crippen LogP contribution in [0.2, 0.25) is 0 Å². The molecule has 32 heavy (non-hydrogen) atoms. The third kappa shape index (κ3) is 6.46. The molecule has 0 unspecified atom stereocenters. The maximum Gasteiger partial charge on any atom is 0.494 e. The summed E-state index contributed by atoms with van der Waals surface area (Å²) >= 11 is 0. The van der Waals surface area contributed by atoms with Crippen LogP contribution in [0.5, 0.6) is 0 Å². The Morgan fingerprint density at radius 3 is 2.28 bits per heavy atom. The van der Waals surface area contributed by atoms with E-state index >= 15 is 0 Å². The zero-order valence-electron chi connectivity index (χ0n) is 20.6. The van der Waals surface area contributed by atoms with Gasteiger partial charge in [0, 0.05) is 6.54 Å². The van der Waals surface area contributed by atoms with E-state index in [0.717, 1.165) is 43.1 Å². The van der Waals surface area contributed by atoms with Crippen LogP contribution in [0, 0.1) is 5.92 Å². The molecule has 1 saturated carbocycles. The van der Waals surface area contributed by atoms with Gasteiger partial charge in [0.2, 0.25) is 0 Å². The van der Waals surface area contributed by atoms with E-state index in [-0.39, 0.29) is 36.4 Å². The fourth-order valence-electron chi connectivity index (χ4n) is 4.14. The second-order valence-electron chi connectivity index (χ2n) is 10.6. The predicted octanol–water partition coefficient (Wildman–Crippen LogP) is 4.49. The maximum atomic E-state index is 12.6. The Labute approximate surface area is 194 Å². The first kappa shape index (κ1) is 25.0. The van der Waals surface area contributed by atoms with Crippen LogP contribution in [0.3, 0.4) is 0 Å². The quantitative estimate of drug-likeness (QED) is 0.452. The van der Waals surface area contributed by atoms with Crippen molar-refractivity contribution >= 4 is 24.6 Å². The summed E-state index contributed by atoms with van der Waals surface area (Å²) < 4.78 is 18.0. The maximum absolute atomic E-state index is 12.6. The lowest BCUT2D eigenvalue weighted by atomic mass is 9.79. The number of esters is 1. The van der Waals surface area contributed by atoms with Gasteiger partial charge < -0.3 is 19.4 Å². The van der Waals surface area contributed by atoms with Gasteiger partial charge in [-0.25, -0.2) is 0 Å². The highest BCUT2D eigenvalue weighted by Gasteiger charge is 2.51. The molecule has 0 amide bonds. The van der Waals surface area contributed by atoms with Crippen molar-refractivity contribution in [1.29, 1.82) is 0 Å². The first-order valence-corrected chi connectivity index (χ1v) is 12.1. The molecule has 2 aliphatic rings. The van der Waals surface area contributed by atoms with Crippen molar-refractivity contribution in [3.05, 3.63) is 35.9 Å². The van der Waals surface area contributed by atoms with Gasteiger partial charge >= 0.3 is 13.1 Å². The summed E-state index contributed by atoms with van der Waals surface area (Å²) in [4.78, 5) is 12.6. The van der Waals surface area contributed by atoms with Gasteiger partial charge in [-0.05, 0) is 76.7 Å². The summed E-state index contributed by atoms with van der Waals surface area (Å²) in [6.45, 7) is 13.1. The second-order valence-corrected chi connectivity index (χ2v) is 10.6. The minimum absolute atomic E-state index is 0.106. The highest BCUT2D eigenvalue weighted by Crippen LogP contribution is 2.36. The summed E-state index contributed by atoms with van der Waals surface area (Å²) in [6.07, 6.45) is 9.34. The summed E-state index contributed by atoms with van der Waals surface area (Å²) in [6, 6.07) is 7.98. The Kier molecular flexibility index (Phi) is 8.23. The molecule has 0 radical (unpaired) electrons. The molecule has 1 saturated heterocycles. The summed E-state index contributed by atoms with van der Waals surface area (Å²) in [5, 5.41) is 3.37. The average molecular weight is 441 g/mol. The van der Waals surface area contributed by atoms with Crippen LogP contribution >= 0.6 is 0 Å². The highest BCUT2D eigenvalue weighted by molar-refractivity contribution is 6.62. The average Bonchev–Trinajstić information content (AvgIpc) is 3.29. The molecule has 1 heterocycles. The first-order chi connectivity index (χ1) is 15.1. The van der Waals surface area contributed by atoms with Gasteiger partial charge in [-0.2, -0.15) is 0 Å². The molecule has 3 rings (SSSR count). The molecule has 0 bridgehead atoms. The molecular formula is C26H40BNO4. The number of ether oxygens (including phenoxy) is 1. The SMILES string of the molecule is CC(C)C[C@@H](NCC=Cc1ccc(B2OC(C)(C)C(C)(C)O2)cc1)C(=O)OC1CCCC1. The highest BCUT2D eigenvalue weighted by atomic mass is 16.7. The minimum atomic E-state index is -0.345. The molecule has 1 aliphatic heterocycles. The minimum Gasteiger partial charge on any atom is -0.461 e. The topological polar surface area (TPSA) is 56.8 Å². The number of hydrogen-bond acceptors (Lipinski definition) is 5. The monoisotopic (exact) mass is 441 g/mol. The van der Waals surface area contributed by atoms with E-state index in [1.54, 1.807) is 0 Å². The van der Waals surface area contributed by atoms with E-state index < -0.39 is 0 Å². The van der Waals surface area contributed by atoms with E-state index in [1.807, 2.05) is 0 Å². The van der Waals surface area contributed by atoms with Crippen molar-refractivity contribution < 1.29 is 18.8 Å². The van der Waals surface area contributed by atoms with Crippen molar-refractivity contribution in [2.45, 2.75) is 97.0 Å². The van der Waals surface area contributed by atoms with Gasteiger partial charge in [-0.3, -0.25) is 4.79 Å². The third-order valence-electron chi connectivity index (χ3n) is 6.83. The Hall–Kier alpha value is -1.63. The number of carbonyl (C=O) groups excluding carboxylic acids is 1. The third-order valence-corrected chi connectivity index (χ3v) is 6.83. The molecule has 1 atom stereocenters. The summed E-state index contributed by atoms with van der Waals surface area (Å²) in [5.41, 5.74) is 1.44. The van der Waals surface area contributed by atoms with E-state index in [0.29, 0.717) is 12.5 Å². The zero-order chi connectivity index (χ0) is 23.4. The van der Waals surface area contributed by atoms with Crippen molar-refractivity contribution in [2.75, 3.05) is 6.54 Å². The molecule has 2 fully saturated rings.